The second kappa shape index (κ2) is 13.3. The van der Waals surface area contributed by atoms with Crippen LogP contribution < -0.4 is 21.9 Å². The Morgan fingerprint density at radius 1 is 0.977 bits per heavy atom. The number of ketones is 1. The molecule has 1 saturated carbocycles. The predicted molar refractivity (Wildman–Crippen MR) is 173 cm³/mol. The van der Waals surface area contributed by atoms with Crippen LogP contribution in [0, 0.1) is 5.92 Å². The fourth-order valence-corrected chi connectivity index (χ4v) is 6.15. The van der Waals surface area contributed by atoms with Gasteiger partial charge in [0.15, 0.2) is 0 Å². The zero-order chi connectivity index (χ0) is 31.5. The standard InChI is InChI=1S/C33H33Cl2N5O4/c1-4-26-20(17-36-16-19-11-13-21(41)15-19)12-14-27(37-26)24-9-5-7-22(29(24)34)23-8-6-10-28(30(23)35)38-31(42)25-18-39(2)33(44)40(3)32(25)43/h5-10,12,14,18-19,36H,4,11,13,15-17H2,1-3H3,(H,38,42)/t19-/m1/s1. The molecule has 1 fully saturated rings. The number of carbonyl (C=O) groups excluding carboxylic acids is 2. The number of rotatable bonds is 9. The van der Waals surface area contributed by atoms with Crippen molar-refractivity contribution in [1.29, 1.82) is 0 Å². The summed E-state index contributed by atoms with van der Waals surface area (Å²) in [4.78, 5) is 54.2. The van der Waals surface area contributed by atoms with Crippen molar-refractivity contribution in [3.8, 4) is 22.4 Å². The van der Waals surface area contributed by atoms with Crippen molar-refractivity contribution in [3.05, 3.63) is 102 Å². The third kappa shape index (κ3) is 6.40. The zero-order valence-corrected chi connectivity index (χ0v) is 26.3. The highest BCUT2D eigenvalue weighted by Crippen LogP contribution is 2.41. The van der Waals surface area contributed by atoms with E-state index in [1.165, 1.54) is 24.9 Å². The van der Waals surface area contributed by atoms with Gasteiger partial charge in [-0.25, -0.2) is 4.79 Å². The first kappa shape index (κ1) is 31.4. The monoisotopic (exact) mass is 633 g/mol. The van der Waals surface area contributed by atoms with Crippen molar-refractivity contribution >= 4 is 40.6 Å². The number of nitrogens with zero attached hydrogens (tertiary/aromatic N) is 3. The first-order valence-electron chi connectivity index (χ1n) is 14.5. The maximum Gasteiger partial charge on any atom is 0.330 e. The smallest absolute Gasteiger partial charge is 0.320 e. The van der Waals surface area contributed by atoms with E-state index in [0.29, 0.717) is 47.2 Å². The number of carbonyl (C=O) groups is 2. The third-order valence-electron chi connectivity index (χ3n) is 8.00. The Balaban J connectivity index is 1.40. The maximum atomic E-state index is 13.0. The van der Waals surface area contributed by atoms with Gasteiger partial charge in [-0.1, -0.05) is 66.5 Å². The molecule has 0 aliphatic heterocycles. The molecule has 0 unspecified atom stereocenters. The summed E-state index contributed by atoms with van der Waals surface area (Å²) in [5.74, 6) is 0.0611. The highest BCUT2D eigenvalue weighted by Gasteiger charge is 2.22. The van der Waals surface area contributed by atoms with Crippen LogP contribution in [0.2, 0.25) is 10.0 Å². The highest BCUT2D eigenvalue weighted by molar-refractivity contribution is 6.39. The van der Waals surface area contributed by atoms with Gasteiger partial charge < -0.3 is 15.2 Å². The van der Waals surface area contributed by atoms with Gasteiger partial charge in [0.25, 0.3) is 11.5 Å². The van der Waals surface area contributed by atoms with Gasteiger partial charge in [-0.05, 0) is 43.0 Å². The summed E-state index contributed by atoms with van der Waals surface area (Å²) < 4.78 is 2.04. The molecule has 1 amide bonds. The van der Waals surface area contributed by atoms with Gasteiger partial charge in [-0.2, -0.15) is 0 Å². The molecular weight excluding hydrogens is 601 g/mol. The molecule has 1 aliphatic rings. The molecule has 2 heterocycles. The number of benzene rings is 2. The Morgan fingerprint density at radius 3 is 2.39 bits per heavy atom. The van der Waals surface area contributed by atoms with Crippen molar-refractivity contribution < 1.29 is 9.59 Å². The summed E-state index contributed by atoms with van der Waals surface area (Å²) in [5, 5.41) is 6.89. The van der Waals surface area contributed by atoms with E-state index in [1.807, 2.05) is 24.3 Å². The van der Waals surface area contributed by atoms with Crippen molar-refractivity contribution in [1.82, 2.24) is 19.4 Å². The number of aromatic nitrogens is 3. The number of Topliss-reactive ketones (excluding diaryl/α,β-unsaturated/α-hetero) is 1. The topological polar surface area (TPSA) is 115 Å². The van der Waals surface area contributed by atoms with Crippen LogP contribution in [0.25, 0.3) is 22.4 Å². The summed E-state index contributed by atoms with van der Waals surface area (Å²) in [6.07, 6.45) is 4.25. The van der Waals surface area contributed by atoms with Crippen LogP contribution in [0.4, 0.5) is 5.69 Å². The lowest BCUT2D eigenvalue weighted by atomic mass is 9.99. The summed E-state index contributed by atoms with van der Waals surface area (Å²) >= 11 is 13.8. The van der Waals surface area contributed by atoms with E-state index in [-0.39, 0.29) is 16.3 Å². The minimum absolute atomic E-state index is 0.193. The van der Waals surface area contributed by atoms with Crippen LogP contribution in [0.3, 0.4) is 0 Å². The van der Waals surface area contributed by atoms with Gasteiger partial charge in [0.1, 0.15) is 11.3 Å². The molecule has 2 aromatic carbocycles. The molecule has 2 aromatic heterocycles. The minimum Gasteiger partial charge on any atom is -0.320 e. The summed E-state index contributed by atoms with van der Waals surface area (Å²) in [7, 11) is 2.78. The molecule has 1 aliphatic carbocycles. The Labute approximate surface area is 264 Å². The summed E-state index contributed by atoms with van der Waals surface area (Å²) in [5.41, 5.74) is 3.63. The Morgan fingerprint density at radius 2 is 1.68 bits per heavy atom. The molecule has 4 aromatic rings. The number of hydrogen-bond acceptors (Lipinski definition) is 6. The molecule has 2 N–H and O–H groups in total. The summed E-state index contributed by atoms with van der Waals surface area (Å²) in [6, 6.07) is 14.8. The Kier molecular flexibility index (Phi) is 9.48. The van der Waals surface area contributed by atoms with E-state index < -0.39 is 17.2 Å². The minimum atomic E-state index is -0.709. The van der Waals surface area contributed by atoms with Crippen molar-refractivity contribution in [2.45, 2.75) is 39.2 Å². The number of halogens is 2. The quantitative estimate of drug-likeness (QED) is 0.255. The van der Waals surface area contributed by atoms with Crippen molar-refractivity contribution in [2.75, 3.05) is 11.9 Å². The molecule has 44 heavy (non-hydrogen) atoms. The van der Waals surface area contributed by atoms with Gasteiger partial charge in [-0.15, -0.1) is 0 Å². The normalized spacial score (nSPS) is 14.7. The number of aryl methyl sites for hydroxylation is 2. The number of pyridine rings is 1. The van der Waals surface area contributed by atoms with Crippen LogP contribution in [-0.2, 0) is 31.9 Å². The van der Waals surface area contributed by atoms with E-state index >= 15 is 0 Å². The van der Waals surface area contributed by atoms with Gasteiger partial charge in [0.05, 0.1) is 21.4 Å². The average Bonchev–Trinajstić information content (AvgIpc) is 3.44. The summed E-state index contributed by atoms with van der Waals surface area (Å²) in [6.45, 7) is 3.55. The van der Waals surface area contributed by atoms with Gasteiger partial charge in [0, 0.05) is 62.1 Å². The van der Waals surface area contributed by atoms with Crippen LogP contribution in [0.5, 0.6) is 0 Å². The van der Waals surface area contributed by atoms with E-state index in [9.17, 15) is 19.2 Å². The van der Waals surface area contributed by atoms with Gasteiger partial charge in [0.2, 0.25) is 0 Å². The second-order valence-corrected chi connectivity index (χ2v) is 11.8. The SMILES string of the molecule is CCc1nc(-c2cccc(-c3cccc(NC(=O)c4cn(C)c(=O)n(C)c4=O)c3Cl)c2Cl)ccc1CNC[C@@H]1CCC(=O)C1. The zero-order valence-electron chi connectivity index (χ0n) is 24.7. The molecule has 0 saturated heterocycles. The molecule has 228 valence electrons. The van der Waals surface area contributed by atoms with Crippen LogP contribution in [0.1, 0.15) is 47.8 Å². The fraction of sp³-hybridized carbons (Fsp3) is 0.303. The average molecular weight is 635 g/mol. The molecule has 0 radical (unpaired) electrons. The molecule has 0 bridgehead atoms. The number of hydrogen-bond donors (Lipinski definition) is 2. The first-order chi connectivity index (χ1) is 21.1. The van der Waals surface area contributed by atoms with Crippen LogP contribution in [-0.4, -0.2) is 32.4 Å². The van der Waals surface area contributed by atoms with E-state index in [0.717, 1.165) is 46.5 Å². The number of nitrogens with one attached hydrogen (secondary N) is 2. The number of amides is 1. The lowest BCUT2D eigenvalue weighted by Crippen LogP contribution is -2.40. The van der Waals surface area contributed by atoms with Gasteiger partial charge in [-0.3, -0.25) is 23.9 Å². The van der Waals surface area contributed by atoms with Crippen LogP contribution in [0.15, 0.2) is 64.3 Å². The second-order valence-electron chi connectivity index (χ2n) is 11.0. The van der Waals surface area contributed by atoms with Crippen LogP contribution >= 0.6 is 23.2 Å². The third-order valence-corrected chi connectivity index (χ3v) is 8.82. The highest BCUT2D eigenvalue weighted by atomic mass is 35.5. The molecule has 5 rings (SSSR count). The number of anilines is 1. The lowest BCUT2D eigenvalue weighted by molar-refractivity contribution is -0.117. The molecular formula is C33H33Cl2N5O4. The van der Waals surface area contributed by atoms with Crippen molar-refractivity contribution in [2.24, 2.45) is 20.0 Å². The predicted octanol–water partition coefficient (Wildman–Crippen LogP) is 5.39. The molecule has 0 spiro atoms. The van der Waals surface area contributed by atoms with E-state index in [4.69, 9.17) is 28.2 Å². The molecule has 9 nitrogen and oxygen atoms in total. The molecule has 1 atom stereocenters. The van der Waals surface area contributed by atoms with Gasteiger partial charge >= 0.3 is 5.69 Å². The van der Waals surface area contributed by atoms with Crippen molar-refractivity contribution in [3.63, 3.8) is 0 Å². The van der Waals surface area contributed by atoms with E-state index in [2.05, 4.69) is 23.6 Å². The van der Waals surface area contributed by atoms with E-state index in [1.54, 1.807) is 18.2 Å². The lowest BCUT2D eigenvalue weighted by Gasteiger charge is -2.16. The maximum absolute atomic E-state index is 13.0. The molecule has 11 heteroatoms. The Bertz CT molecular complexity index is 1880. The Hall–Kier alpha value is -4.05. The first-order valence-corrected chi connectivity index (χ1v) is 15.2. The largest absolute Gasteiger partial charge is 0.330 e. The fourth-order valence-electron chi connectivity index (χ4n) is 5.55.